The van der Waals surface area contributed by atoms with Gasteiger partial charge in [-0.15, -0.1) is 0 Å². The Morgan fingerprint density at radius 2 is 2.27 bits per heavy atom. The van der Waals surface area contributed by atoms with E-state index in [9.17, 15) is 0 Å². The number of hydrogen-bond acceptors (Lipinski definition) is 2. The minimum Gasteiger partial charge on any atom is -0.401 e. The summed E-state index contributed by atoms with van der Waals surface area (Å²) in [5.41, 5.74) is 8.05. The molecule has 0 atom stereocenters. The summed E-state index contributed by atoms with van der Waals surface area (Å²) >= 11 is 0. The molecule has 1 heterocycles. The molecule has 1 rings (SSSR count). The van der Waals surface area contributed by atoms with Gasteiger partial charge in [-0.3, -0.25) is 0 Å². The van der Waals surface area contributed by atoms with E-state index in [-0.39, 0.29) is 0 Å². The smallest absolute Gasteiger partial charge is 0.0569 e. The van der Waals surface area contributed by atoms with Crippen molar-refractivity contribution in [2.75, 3.05) is 13.1 Å². The highest BCUT2D eigenvalue weighted by atomic mass is 15.1. The van der Waals surface area contributed by atoms with Gasteiger partial charge < -0.3 is 10.6 Å². The largest absolute Gasteiger partial charge is 0.401 e. The van der Waals surface area contributed by atoms with Gasteiger partial charge in [0, 0.05) is 18.4 Å². The van der Waals surface area contributed by atoms with Gasteiger partial charge in [-0.2, -0.15) is 0 Å². The second-order valence-corrected chi connectivity index (χ2v) is 2.84. The lowest BCUT2D eigenvalue weighted by atomic mass is 10.1. The predicted molar refractivity (Wildman–Crippen MR) is 47.9 cm³/mol. The molecule has 2 heteroatoms. The third-order valence-electron chi connectivity index (χ3n) is 1.92. The van der Waals surface area contributed by atoms with Crippen LogP contribution in [0, 0.1) is 0 Å². The minimum atomic E-state index is 0.889. The van der Waals surface area contributed by atoms with Gasteiger partial charge in [0.05, 0.1) is 6.54 Å². The molecule has 0 aromatic heterocycles. The van der Waals surface area contributed by atoms with Crippen molar-refractivity contribution in [3.8, 4) is 0 Å². The van der Waals surface area contributed by atoms with E-state index in [1.807, 2.05) is 0 Å². The van der Waals surface area contributed by atoms with Crippen molar-refractivity contribution >= 4 is 0 Å². The predicted octanol–water partition coefficient (Wildman–Crippen LogP) is 1.46. The quantitative estimate of drug-likeness (QED) is 0.649. The summed E-state index contributed by atoms with van der Waals surface area (Å²) in [7, 11) is 0. The molecule has 2 N–H and O–H groups in total. The normalized spacial score (nSPS) is 17.8. The van der Waals surface area contributed by atoms with E-state index in [1.54, 1.807) is 0 Å². The number of nitrogens with zero attached hydrogens (tertiary/aromatic N) is 1. The van der Waals surface area contributed by atoms with E-state index >= 15 is 0 Å². The van der Waals surface area contributed by atoms with Crippen LogP contribution in [0.2, 0.25) is 0 Å². The average molecular weight is 152 g/mol. The number of allylic oxidation sites excluding steroid dienone is 2. The molecule has 0 aliphatic carbocycles. The molecule has 62 valence electrons. The summed E-state index contributed by atoms with van der Waals surface area (Å²) in [6.45, 7) is 6.22. The Hall–Kier alpha value is -0.920. The number of hydrogen-bond donors (Lipinski definition) is 1. The van der Waals surface area contributed by atoms with Crippen LogP contribution in [0.25, 0.3) is 0 Å². The maximum atomic E-state index is 5.75. The molecule has 0 saturated carbocycles. The zero-order valence-corrected chi connectivity index (χ0v) is 7.30. The lowest BCUT2D eigenvalue weighted by Gasteiger charge is -2.23. The van der Waals surface area contributed by atoms with Crippen LogP contribution in [0.1, 0.15) is 20.3 Å². The van der Waals surface area contributed by atoms with E-state index < -0.39 is 0 Å². The Bertz CT molecular complexity index is 192. The Kier molecular flexibility index (Phi) is 2.58. The molecule has 1 aliphatic heterocycles. The SMILES string of the molecule is CCC1=CN(CC)CC(N)=C1. The van der Waals surface area contributed by atoms with E-state index in [1.165, 1.54) is 5.57 Å². The maximum absolute atomic E-state index is 5.75. The standard InChI is InChI=1S/C9H16N2/c1-3-8-5-9(10)7-11(4-2)6-8/h5-6H,3-4,7,10H2,1-2H3. The third kappa shape index (κ3) is 2.00. The molecule has 0 unspecified atom stereocenters. The first-order valence-corrected chi connectivity index (χ1v) is 4.17. The van der Waals surface area contributed by atoms with Crippen LogP contribution < -0.4 is 5.73 Å². The molecule has 11 heavy (non-hydrogen) atoms. The molecule has 0 radical (unpaired) electrons. The Morgan fingerprint density at radius 3 is 2.82 bits per heavy atom. The number of rotatable bonds is 2. The molecule has 0 fully saturated rings. The second-order valence-electron chi connectivity index (χ2n) is 2.84. The lowest BCUT2D eigenvalue weighted by molar-refractivity contribution is 0.418. The van der Waals surface area contributed by atoms with Crippen LogP contribution in [-0.4, -0.2) is 18.0 Å². The molecular formula is C9H16N2. The molecular weight excluding hydrogens is 136 g/mol. The first kappa shape index (κ1) is 8.18. The van der Waals surface area contributed by atoms with Crippen LogP contribution >= 0.6 is 0 Å². The summed E-state index contributed by atoms with van der Waals surface area (Å²) < 4.78 is 0. The number of likely N-dealkylation sites (N-methyl/N-ethyl adjacent to an activating group) is 1. The van der Waals surface area contributed by atoms with Crippen LogP contribution in [-0.2, 0) is 0 Å². The van der Waals surface area contributed by atoms with Gasteiger partial charge >= 0.3 is 0 Å². The van der Waals surface area contributed by atoms with Crippen molar-refractivity contribution in [2.24, 2.45) is 5.73 Å². The molecule has 0 spiro atoms. The highest BCUT2D eigenvalue weighted by Gasteiger charge is 2.05. The fraction of sp³-hybridized carbons (Fsp3) is 0.556. The van der Waals surface area contributed by atoms with Gasteiger partial charge in [0.25, 0.3) is 0 Å². The van der Waals surface area contributed by atoms with Gasteiger partial charge in [-0.1, -0.05) is 6.92 Å². The Balaban J connectivity index is 2.69. The van der Waals surface area contributed by atoms with E-state index in [0.717, 1.165) is 25.2 Å². The van der Waals surface area contributed by atoms with Gasteiger partial charge in [0.2, 0.25) is 0 Å². The van der Waals surface area contributed by atoms with Gasteiger partial charge in [-0.25, -0.2) is 0 Å². The summed E-state index contributed by atoms with van der Waals surface area (Å²) in [5, 5.41) is 0. The van der Waals surface area contributed by atoms with Gasteiger partial charge in [0.1, 0.15) is 0 Å². The first-order chi connectivity index (χ1) is 5.26. The minimum absolute atomic E-state index is 0.889. The monoisotopic (exact) mass is 152 g/mol. The van der Waals surface area contributed by atoms with Crippen molar-refractivity contribution < 1.29 is 0 Å². The molecule has 2 nitrogen and oxygen atoms in total. The van der Waals surface area contributed by atoms with E-state index in [0.29, 0.717) is 0 Å². The molecule has 0 aromatic rings. The highest BCUT2D eigenvalue weighted by molar-refractivity contribution is 5.26. The van der Waals surface area contributed by atoms with E-state index in [4.69, 9.17) is 5.73 Å². The molecule has 0 saturated heterocycles. The molecule has 1 aliphatic rings. The fourth-order valence-electron chi connectivity index (χ4n) is 1.23. The molecule has 0 aromatic carbocycles. The van der Waals surface area contributed by atoms with Crippen molar-refractivity contribution in [1.82, 2.24) is 4.90 Å². The number of nitrogens with two attached hydrogens (primary N) is 1. The van der Waals surface area contributed by atoms with Crippen LogP contribution in [0.5, 0.6) is 0 Å². The van der Waals surface area contributed by atoms with Crippen molar-refractivity contribution in [3.05, 3.63) is 23.5 Å². The summed E-state index contributed by atoms with van der Waals surface area (Å²) in [4.78, 5) is 2.23. The highest BCUT2D eigenvalue weighted by Crippen LogP contribution is 2.12. The summed E-state index contributed by atoms with van der Waals surface area (Å²) in [5.74, 6) is 0. The van der Waals surface area contributed by atoms with Crippen molar-refractivity contribution in [3.63, 3.8) is 0 Å². The summed E-state index contributed by atoms with van der Waals surface area (Å²) in [6, 6.07) is 0. The zero-order chi connectivity index (χ0) is 8.27. The second kappa shape index (κ2) is 3.46. The first-order valence-electron chi connectivity index (χ1n) is 4.17. The van der Waals surface area contributed by atoms with Crippen LogP contribution in [0.15, 0.2) is 23.5 Å². The van der Waals surface area contributed by atoms with Crippen LogP contribution in [0.4, 0.5) is 0 Å². The molecule has 0 bridgehead atoms. The van der Waals surface area contributed by atoms with Crippen molar-refractivity contribution in [1.29, 1.82) is 0 Å². The van der Waals surface area contributed by atoms with E-state index in [2.05, 4.69) is 31.0 Å². The van der Waals surface area contributed by atoms with Crippen molar-refractivity contribution in [2.45, 2.75) is 20.3 Å². The summed E-state index contributed by atoms with van der Waals surface area (Å²) in [6.07, 6.45) is 5.33. The lowest BCUT2D eigenvalue weighted by Crippen LogP contribution is -2.26. The Morgan fingerprint density at radius 1 is 1.55 bits per heavy atom. The molecule has 0 amide bonds. The maximum Gasteiger partial charge on any atom is 0.0569 e. The van der Waals surface area contributed by atoms with Crippen LogP contribution in [0.3, 0.4) is 0 Å². The fourth-order valence-corrected chi connectivity index (χ4v) is 1.23. The third-order valence-corrected chi connectivity index (χ3v) is 1.92. The Labute approximate surface area is 68.4 Å². The van der Waals surface area contributed by atoms with Gasteiger partial charge in [-0.05, 0) is 25.0 Å². The zero-order valence-electron chi connectivity index (χ0n) is 7.30. The topological polar surface area (TPSA) is 29.3 Å². The van der Waals surface area contributed by atoms with Gasteiger partial charge in [0.15, 0.2) is 0 Å². The average Bonchev–Trinajstić information content (AvgIpc) is 2.03.